The van der Waals surface area contributed by atoms with Gasteiger partial charge in [-0.3, -0.25) is 4.98 Å². The van der Waals surface area contributed by atoms with Crippen LogP contribution in [0.2, 0.25) is 0 Å². The van der Waals surface area contributed by atoms with Crippen molar-refractivity contribution in [1.29, 1.82) is 0 Å². The second-order valence-corrected chi connectivity index (χ2v) is 8.19. The standard InChI is InChI=1S/C24H23N5O/c1-15-28-22-13-26-21-3-2-17(19-10-18-4-7-25-24(18)27-12-19)11-20(21)23(22)29(15)14-16-5-8-30-9-6-16/h2-4,7,10-13,16H,5-6,8-9,14H2,1H3,(H,25,27). The molecule has 0 spiro atoms. The molecule has 0 saturated carbocycles. The van der Waals surface area contributed by atoms with E-state index in [1.54, 1.807) is 0 Å². The number of pyridine rings is 2. The van der Waals surface area contributed by atoms with Crippen LogP contribution in [-0.4, -0.2) is 37.7 Å². The van der Waals surface area contributed by atoms with Gasteiger partial charge < -0.3 is 14.3 Å². The number of rotatable bonds is 3. The van der Waals surface area contributed by atoms with E-state index in [0.29, 0.717) is 5.92 Å². The number of aromatic amines is 1. The molecule has 0 amide bonds. The first-order chi connectivity index (χ1) is 14.8. The Balaban J connectivity index is 1.51. The summed E-state index contributed by atoms with van der Waals surface area (Å²) in [6.07, 6.45) is 7.97. The van der Waals surface area contributed by atoms with Gasteiger partial charge in [0.2, 0.25) is 0 Å². The van der Waals surface area contributed by atoms with E-state index in [1.165, 1.54) is 5.52 Å². The van der Waals surface area contributed by atoms with Crippen LogP contribution in [0.15, 0.2) is 48.9 Å². The minimum atomic E-state index is 0.626. The highest BCUT2D eigenvalue weighted by Crippen LogP contribution is 2.31. The summed E-state index contributed by atoms with van der Waals surface area (Å²) in [5.74, 6) is 1.67. The van der Waals surface area contributed by atoms with E-state index in [9.17, 15) is 0 Å². The molecule has 1 N–H and O–H groups in total. The van der Waals surface area contributed by atoms with Crippen molar-refractivity contribution in [3.05, 3.63) is 54.7 Å². The molecule has 5 heterocycles. The van der Waals surface area contributed by atoms with Gasteiger partial charge in [0.25, 0.3) is 0 Å². The Kier molecular flexibility index (Phi) is 4.06. The predicted molar refractivity (Wildman–Crippen MR) is 118 cm³/mol. The van der Waals surface area contributed by atoms with E-state index in [-0.39, 0.29) is 0 Å². The summed E-state index contributed by atoms with van der Waals surface area (Å²) in [6.45, 7) is 4.79. The van der Waals surface area contributed by atoms with Gasteiger partial charge in [0.05, 0.1) is 17.2 Å². The third kappa shape index (κ3) is 2.87. The lowest BCUT2D eigenvalue weighted by Gasteiger charge is -2.23. The van der Waals surface area contributed by atoms with Crippen molar-refractivity contribution >= 4 is 33.0 Å². The summed E-state index contributed by atoms with van der Waals surface area (Å²) in [5, 5.41) is 2.26. The van der Waals surface area contributed by atoms with Gasteiger partial charge in [-0.15, -0.1) is 0 Å². The summed E-state index contributed by atoms with van der Waals surface area (Å²) in [6, 6.07) is 10.7. The second-order valence-electron chi connectivity index (χ2n) is 8.19. The van der Waals surface area contributed by atoms with Gasteiger partial charge in [-0.1, -0.05) is 6.07 Å². The lowest BCUT2D eigenvalue weighted by Crippen LogP contribution is -2.20. The lowest BCUT2D eigenvalue weighted by atomic mass is 10.00. The molecule has 1 aromatic carbocycles. The van der Waals surface area contributed by atoms with E-state index in [4.69, 9.17) is 9.72 Å². The number of fused-ring (bicyclic) bond motifs is 4. The average Bonchev–Trinajstić information content (AvgIpc) is 3.38. The molecule has 1 aliphatic rings. The van der Waals surface area contributed by atoms with Crippen LogP contribution >= 0.6 is 0 Å². The molecule has 6 heteroatoms. The summed E-state index contributed by atoms with van der Waals surface area (Å²) in [4.78, 5) is 17.2. The van der Waals surface area contributed by atoms with Crippen molar-refractivity contribution in [2.75, 3.05) is 13.2 Å². The zero-order valence-electron chi connectivity index (χ0n) is 16.9. The molecule has 1 fully saturated rings. The van der Waals surface area contributed by atoms with Gasteiger partial charge in [-0.25, -0.2) is 9.97 Å². The molecule has 0 atom stereocenters. The predicted octanol–water partition coefficient (Wildman–Crippen LogP) is 4.86. The number of imidazole rings is 1. The van der Waals surface area contributed by atoms with Crippen LogP contribution < -0.4 is 0 Å². The zero-order valence-corrected chi connectivity index (χ0v) is 16.9. The van der Waals surface area contributed by atoms with Gasteiger partial charge in [0, 0.05) is 48.5 Å². The van der Waals surface area contributed by atoms with E-state index in [1.807, 2.05) is 18.6 Å². The topological polar surface area (TPSA) is 68.6 Å². The molecule has 5 aromatic rings. The third-order valence-electron chi connectivity index (χ3n) is 6.28. The Labute approximate surface area is 173 Å². The van der Waals surface area contributed by atoms with Gasteiger partial charge in [-0.2, -0.15) is 0 Å². The molecule has 6 nitrogen and oxygen atoms in total. The third-order valence-corrected chi connectivity index (χ3v) is 6.28. The fourth-order valence-corrected chi connectivity index (χ4v) is 4.62. The van der Waals surface area contributed by atoms with Crippen molar-refractivity contribution in [2.24, 2.45) is 5.92 Å². The lowest BCUT2D eigenvalue weighted by molar-refractivity contribution is 0.0614. The van der Waals surface area contributed by atoms with Gasteiger partial charge in [-0.05, 0) is 55.5 Å². The first-order valence-corrected chi connectivity index (χ1v) is 10.5. The summed E-state index contributed by atoms with van der Waals surface area (Å²) in [5.41, 5.74) is 6.30. The number of ether oxygens (including phenoxy) is 1. The maximum Gasteiger partial charge on any atom is 0.137 e. The first kappa shape index (κ1) is 17.6. The Bertz CT molecular complexity index is 1380. The molecule has 30 heavy (non-hydrogen) atoms. The van der Waals surface area contributed by atoms with Gasteiger partial charge >= 0.3 is 0 Å². The monoisotopic (exact) mass is 397 g/mol. The van der Waals surface area contributed by atoms with Crippen LogP contribution in [0.3, 0.4) is 0 Å². The molecule has 4 aromatic heterocycles. The molecule has 0 radical (unpaired) electrons. The van der Waals surface area contributed by atoms with E-state index >= 15 is 0 Å². The SMILES string of the molecule is Cc1nc2cnc3ccc(-c4cnc5[nH]ccc5c4)cc3c2n1CC1CCOCC1. The minimum absolute atomic E-state index is 0.626. The molecule has 0 bridgehead atoms. The average molecular weight is 397 g/mol. The number of nitrogens with one attached hydrogen (secondary N) is 1. The summed E-state index contributed by atoms with van der Waals surface area (Å²) >= 11 is 0. The van der Waals surface area contributed by atoms with Crippen molar-refractivity contribution in [1.82, 2.24) is 24.5 Å². The largest absolute Gasteiger partial charge is 0.381 e. The fourth-order valence-electron chi connectivity index (χ4n) is 4.62. The highest BCUT2D eigenvalue weighted by atomic mass is 16.5. The summed E-state index contributed by atoms with van der Waals surface area (Å²) < 4.78 is 7.93. The molecule has 1 saturated heterocycles. The number of hydrogen-bond donors (Lipinski definition) is 1. The number of aryl methyl sites for hydroxylation is 1. The van der Waals surface area contributed by atoms with Crippen LogP contribution in [0, 0.1) is 12.8 Å². The maximum absolute atomic E-state index is 5.55. The molecular formula is C24H23N5O. The number of H-pyrrole nitrogens is 1. The van der Waals surface area contributed by atoms with E-state index < -0.39 is 0 Å². The van der Waals surface area contributed by atoms with Gasteiger partial charge in [0.1, 0.15) is 17.0 Å². The van der Waals surface area contributed by atoms with Crippen LogP contribution in [0.1, 0.15) is 18.7 Å². The fraction of sp³-hybridized carbons (Fsp3) is 0.292. The van der Waals surface area contributed by atoms with Gasteiger partial charge in [0.15, 0.2) is 0 Å². The Morgan fingerprint density at radius 2 is 1.93 bits per heavy atom. The molecular weight excluding hydrogens is 374 g/mol. The molecule has 6 rings (SSSR count). The van der Waals surface area contributed by atoms with Crippen molar-refractivity contribution in [3.63, 3.8) is 0 Å². The van der Waals surface area contributed by atoms with Crippen LogP contribution in [-0.2, 0) is 11.3 Å². The van der Waals surface area contributed by atoms with Crippen molar-refractivity contribution in [3.8, 4) is 11.1 Å². The van der Waals surface area contributed by atoms with Crippen molar-refractivity contribution < 1.29 is 4.74 Å². The number of aromatic nitrogens is 5. The van der Waals surface area contributed by atoms with Crippen molar-refractivity contribution in [2.45, 2.75) is 26.3 Å². The maximum atomic E-state index is 5.55. The van der Waals surface area contributed by atoms with Crippen LogP contribution in [0.25, 0.3) is 44.1 Å². The van der Waals surface area contributed by atoms with Crippen LogP contribution in [0.4, 0.5) is 0 Å². The number of benzene rings is 1. The molecule has 150 valence electrons. The molecule has 0 aliphatic carbocycles. The Morgan fingerprint density at radius 3 is 2.83 bits per heavy atom. The number of nitrogens with zero attached hydrogens (tertiary/aromatic N) is 4. The summed E-state index contributed by atoms with van der Waals surface area (Å²) in [7, 11) is 0. The normalized spacial score (nSPS) is 15.5. The Hall–Kier alpha value is -3.25. The minimum Gasteiger partial charge on any atom is -0.381 e. The van der Waals surface area contributed by atoms with E-state index in [0.717, 1.165) is 77.0 Å². The highest BCUT2D eigenvalue weighted by Gasteiger charge is 2.19. The van der Waals surface area contributed by atoms with E-state index in [2.05, 4.69) is 56.8 Å². The molecule has 0 unspecified atom stereocenters. The first-order valence-electron chi connectivity index (χ1n) is 10.5. The zero-order chi connectivity index (χ0) is 20.1. The highest BCUT2D eigenvalue weighted by molar-refractivity contribution is 6.04. The quantitative estimate of drug-likeness (QED) is 0.472. The molecule has 1 aliphatic heterocycles. The number of hydrogen-bond acceptors (Lipinski definition) is 4. The second kappa shape index (κ2) is 6.92. The smallest absolute Gasteiger partial charge is 0.137 e. The Morgan fingerprint density at radius 1 is 1.03 bits per heavy atom. The van der Waals surface area contributed by atoms with Crippen LogP contribution in [0.5, 0.6) is 0 Å².